The van der Waals surface area contributed by atoms with Crippen LogP contribution in [-0.2, 0) is 0 Å². The number of nitrogens with zero attached hydrogens (tertiary/aromatic N) is 2. The molecule has 0 saturated carbocycles. The molecular weight excluding hydrogens is 773 g/mol. The van der Waals surface area contributed by atoms with E-state index in [2.05, 4.69) is 137 Å². The maximum atomic E-state index is 11.7. The molecule has 11 rings (SSSR count). The average Bonchev–Trinajstić information content (AvgIpc) is 3.72. The first-order valence-corrected chi connectivity index (χ1v) is 21.3. The van der Waals surface area contributed by atoms with E-state index in [1.54, 1.807) is 0 Å². The molecule has 0 spiro atoms. The van der Waals surface area contributed by atoms with Crippen LogP contribution in [0, 0.1) is 0 Å². The molecule has 0 aliphatic heterocycles. The van der Waals surface area contributed by atoms with Crippen molar-refractivity contribution in [1.29, 1.82) is 0 Å². The summed E-state index contributed by atoms with van der Waals surface area (Å²) in [5.74, 6) is 0.378. The Morgan fingerprint density at radius 2 is 1.00 bits per heavy atom. The van der Waals surface area contributed by atoms with Crippen LogP contribution in [0.25, 0.3) is 66.1 Å². The zero-order valence-electron chi connectivity index (χ0n) is 34.3. The van der Waals surface area contributed by atoms with Gasteiger partial charge in [0.25, 0.3) is 0 Å². The Morgan fingerprint density at radius 3 is 1.65 bits per heavy atom. The number of hydrogen-bond donors (Lipinski definition) is 2. The molecule has 9 aromatic carbocycles. The lowest BCUT2D eigenvalue weighted by molar-refractivity contribution is 0.477. The molecule has 0 amide bonds. The zero-order chi connectivity index (χ0) is 42.3. The monoisotopic (exact) mass is 814 g/mol. The minimum Gasteiger partial charge on any atom is -0.507 e. The van der Waals surface area contributed by atoms with E-state index in [4.69, 9.17) is 4.42 Å². The van der Waals surface area contributed by atoms with E-state index >= 15 is 0 Å². The Labute approximate surface area is 366 Å². The van der Waals surface area contributed by atoms with Gasteiger partial charge in [-0.2, -0.15) is 0 Å². The van der Waals surface area contributed by atoms with E-state index < -0.39 is 0 Å². The summed E-state index contributed by atoms with van der Waals surface area (Å²) in [4.78, 5) is 4.50. The lowest BCUT2D eigenvalue weighted by atomic mass is 9.91. The topological polar surface area (TPSA) is 60.1 Å². The largest absolute Gasteiger partial charge is 0.507 e. The fraction of sp³-hybridized carbons (Fsp3) is 0.0345. The van der Waals surface area contributed by atoms with E-state index in [0.717, 1.165) is 101 Å². The number of allylic oxidation sites excluding steroid dienone is 2. The van der Waals surface area contributed by atoms with E-state index in [9.17, 15) is 10.2 Å². The molecule has 1 aliphatic carbocycles. The van der Waals surface area contributed by atoms with Gasteiger partial charge in [-0.3, -0.25) is 0 Å². The molecule has 1 atom stereocenters. The van der Waals surface area contributed by atoms with Gasteiger partial charge in [0.2, 0.25) is 0 Å². The van der Waals surface area contributed by atoms with Gasteiger partial charge in [0, 0.05) is 50.7 Å². The van der Waals surface area contributed by atoms with Crippen LogP contribution in [0.3, 0.4) is 0 Å². The highest BCUT2D eigenvalue weighted by atomic mass is 16.3. The van der Waals surface area contributed by atoms with Crippen molar-refractivity contribution in [2.75, 3.05) is 9.80 Å². The zero-order valence-corrected chi connectivity index (χ0v) is 34.3. The third kappa shape index (κ3) is 6.86. The number of furan rings is 1. The number of phenols is 2. The maximum Gasteiger partial charge on any atom is 0.159 e. The van der Waals surface area contributed by atoms with Crippen molar-refractivity contribution in [2.24, 2.45) is 0 Å². The molecule has 5 heteroatoms. The second-order valence-corrected chi connectivity index (χ2v) is 15.9. The van der Waals surface area contributed by atoms with Gasteiger partial charge in [-0.15, -0.1) is 0 Å². The van der Waals surface area contributed by atoms with Crippen molar-refractivity contribution in [1.82, 2.24) is 0 Å². The minimum atomic E-state index is 0.108. The smallest absolute Gasteiger partial charge is 0.159 e. The second-order valence-electron chi connectivity index (χ2n) is 15.9. The van der Waals surface area contributed by atoms with Gasteiger partial charge in [0.15, 0.2) is 5.58 Å². The standard InChI is InChI=1S/C58H42N2O3/c61-55-37-40(39-29-32-44(33-30-39)60(43-19-8-3-9-20-43)54-27-14-26-53-52-21-10-11-28-57(52)63-58(53)54)31-35-50(55)48-24-12-23-47-46(48)22-13-25-49(47)51-36-34-45(38-56(51)62)59(41-15-4-1-5-16-41)42-17-6-2-7-18-42/h1-19,21-38,43,61-62H,20H2. The number of aromatic hydroxyl groups is 2. The lowest BCUT2D eigenvalue weighted by Gasteiger charge is -2.32. The maximum absolute atomic E-state index is 11.7. The molecule has 63 heavy (non-hydrogen) atoms. The van der Waals surface area contributed by atoms with E-state index in [1.165, 1.54) is 0 Å². The van der Waals surface area contributed by atoms with Crippen LogP contribution in [0.15, 0.2) is 229 Å². The predicted octanol–water partition coefficient (Wildman–Crippen LogP) is 15.6. The molecule has 302 valence electrons. The highest BCUT2D eigenvalue weighted by molar-refractivity contribution is 6.10. The van der Waals surface area contributed by atoms with Crippen LogP contribution in [0.1, 0.15) is 6.42 Å². The van der Waals surface area contributed by atoms with E-state index in [1.807, 2.05) is 97.1 Å². The van der Waals surface area contributed by atoms with Crippen molar-refractivity contribution in [2.45, 2.75) is 12.5 Å². The van der Waals surface area contributed by atoms with Gasteiger partial charge in [-0.1, -0.05) is 152 Å². The van der Waals surface area contributed by atoms with Crippen molar-refractivity contribution in [3.05, 3.63) is 224 Å². The number of para-hydroxylation sites is 4. The van der Waals surface area contributed by atoms with Crippen molar-refractivity contribution >= 4 is 61.1 Å². The van der Waals surface area contributed by atoms with Crippen LogP contribution < -0.4 is 9.80 Å². The molecule has 1 aliphatic rings. The van der Waals surface area contributed by atoms with Crippen LogP contribution >= 0.6 is 0 Å². The Morgan fingerprint density at radius 1 is 0.429 bits per heavy atom. The molecule has 10 aromatic rings. The van der Waals surface area contributed by atoms with Crippen LogP contribution in [-0.4, -0.2) is 16.3 Å². The molecule has 1 aromatic heterocycles. The summed E-state index contributed by atoms with van der Waals surface area (Å²) >= 11 is 0. The summed E-state index contributed by atoms with van der Waals surface area (Å²) < 4.78 is 6.51. The molecule has 0 fully saturated rings. The molecule has 1 heterocycles. The molecule has 5 nitrogen and oxygen atoms in total. The van der Waals surface area contributed by atoms with E-state index in [-0.39, 0.29) is 17.5 Å². The van der Waals surface area contributed by atoms with Crippen LogP contribution in [0.2, 0.25) is 0 Å². The first-order chi connectivity index (χ1) is 31.1. The van der Waals surface area contributed by atoms with Gasteiger partial charge in [0.1, 0.15) is 17.1 Å². The van der Waals surface area contributed by atoms with Crippen molar-refractivity contribution < 1.29 is 14.6 Å². The molecule has 1 unspecified atom stereocenters. The summed E-state index contributed by atoms with van der Waals surface area (Å²) in [6.45, 7) is 0. The SMILES string of the molecule is Oc1cc(-c2ccc(N(c3cccc4c3oc3ccccc34)C3C=CC=CC3)cc2)ccc1-c1cccc2c(-c3ccc(N(c4ccccc4)c4ccccc4)cc3O)cccc12. The first kappa shape index (κ1) is 37.7. The second kappa shape index (κ2) is 16.0. The van der Waals surface area contributed by atoms with Gasteiger partial charge in [-0.25, -0.2) is 0 Å². The van der Waals surface area contributed by atoms with Crippen LogP contribution in [0.4, 0.5) is 28.4 Å². The van der Waals surface area contributed by atoms with Crippen LogP contribution in [0.5, 0.6) is 11.5 Å². The number of hydrogen-bond acceptors (Lipinski definition) is 5. The van der Waals surface area contributed by atoms with Gasteiger partial charge >= 0.3 is 0 Å². The normalized spacial score (nSPS) is 13.5. The Bertz CT molecular complexity index is 3310. The summed E-state index contributed by atoms with van der Waals surface area (Å²) in [5.41, 5.74) is 11.9. The number of rotatable bonds is 9. The highest BCUT2D eigenvalue weighted by Gasteiger charge is 2.24. The summed E-state index contributed by atoms with van der Waals surface area (Å²) in [6.07, 6.45) is 9.54. The predicted molar refractivity (Wildman–Crippen MR) is 261 cm³/mol. The number of benzene rings is 9. The molecule has 0 bridgehead atoms. The van der Waals surface area contributed by atoms with Gasteiger partial charge in [0.05, 0.1) is 11.7 Å². The first-order valence-electron chi connectivity index (χ1n) is 21.3. The Hall–Kier alpha value is -8.28. The third-order valence-corrected chi connectivity index (χ3v) is 12.2. The average molecular weight is 815 g/mol. The number of phenolic OH excluding ortho intramolecular Hbond substituents is 2. The summed E-state index contributed by atoms with van der Waals surface area (Å²) in [6, 6.07) is 67.7. The molecule has 0 radical (unpaired) electrons. The van der Waals surface area contributed by atoms with Gasteiger partial charge < -0.3 is 24.4 Å². The minimum absolute atomic E-state index is 0.108. The Kier molecular flexibility index (Phi) is 9.55. The molecular formula is C58H42N2O3. The molecule has 2 N–H and O–H groups in total. The Balaban J connectivity index is 0.912. The fourth-order valence-electron chi connectivity index (χ4n) is 9.21. The van der Waals surface area contributed by atoms with Crippen molar-refractivity contribution in [3.8, 4) is 44.9 Å². The number of fused-ring (bicyclic) bond motifs is 4. The summed E-state index contributed by atoms with van der Waals surface area (Å²) in [7, 11) is 0. The lowest BCUT2D eigenvalue weighted by Crippen LogP contribution is -2.29. The highest BCUT2D eigenvalue weighted by Crippen LogP contribution is 2.45. The third-order valence-electron chi connectivity index (χ3n) is 12.2. The van der Waals surface area contributed by atoms with Crippen molar-refractivity contribution in [3.63, 3.8) is 0 Å². The van der Waals surface area contributed by atoms with E-state index in [0.29, 0.717) is 0 Å². The number of anilines is 5. The fourth-order valence-corrected chi connectivity index (χ4v) is 9.21. The summed E-state index contributed by atoms with van der Waals surface area (Å²) in [5, 5.41) is 27.6. The molecule has 0 saturated heterocycles. The van der Waals surface area contributed by atoms with Gasteiger partial charge in [-0.05, 0) is 106 Å². The quantitative estimate of drug-likeness (QED) is 0.152.